The van der Waals surface area contributed by atoms with Crippen molar-refractivity contribution in [3.05, 3.63) is 46.3 Å². The number of nitrogens with zero attached hydrogens (tertiary/aromatic N) is 1. The number of aromatic nitrogens is 1. The number of thiazole rings is 1. The Labute approximate surface area is 161 Å². The van der Waals surface area contributed by atoms with Gasteiger partial charge in [0.25, 0.3) is 5.91 Å². The molecule has 1 aliphatic rings. The van der Waals surface area contributed by atoms with Gasteiger partial charge in [-0.05, 0) is 23.6 Å². The predicted molar refractivity (Wildman–Crippen MR) is 101 cm³/mol. The van der Waals surface area contributed by atoms with Crippen LogP contribution in [0.3, 0.4) is 0 Å². The highest BCUT2D eigenvalue weighted by atomic mass is 32.1. The van der Waals surface area contributed by atoms with Crippen LogP contribution in [0.5, 0.6) is 0 Å². The number of carbonyl (C=O) groups excluding carboxylic acids is 2. The van der Waals surface area contributed by atoms with E-state index in [-0.39, 0.29) is 11.7 Å². The van der Waals surface area contributed by atoms with Gasteiger partial charge in [-0.2, -0.15) is 0 Å². The van der Waals surface area contributed by atoms with Crippen LogP contribution in [-0.2, 0) is 9.47 Å². The normalized spacial score (nSPS) is 15.1. The van der Waals surface area contributed by atoms with Crippen LogP contribution >= 0.6 is 22.7 Å². The maximum absolute atomic E-state index is 12.3. The molecule has 3 aromatic rings. The van der Waals surface area contributed by atoms with E-state index in [1.807, 2.05) is 24.3 Å². The molecule has 1 fully saturated rings. The van der Waals surface area contributed by atoms with Gasteiger partial charge in [0.15, 0.2) is 12.3 Å². The molecule has 27 heavy (non-hydrogen) atoms. The van der Waals surface area contributed by atoms with Crippen LogP contribution in [0.2, 0.25) is 0 Å². The van der Waals surface area contributed by atoms with Crippen molar-refractivity contribution < 1.29 is 24.2 Å². The number of ether oxygens (including phenoxy) is 2. The van der Waals surface area contributed by atoms with Gasteiger partial charge >= 0.3 is 6.09 Å². The molecule has 0 saturated carbocycles. The third kappa shape index (κ3) is 3.93. The molecule has 2 amide bonds. The predicted octanol–water partition coefficient (Wildman–Crippen LogP) is 2.73. The van der Waals surface area contributed by atoms with Crippen molar-refractivity contribution in [1.82, 2.24) is 10.3 Å². The number of aliphatic hydroxyl groups is 1. The Hall–Kier alpha value is -2.53. The molecular weight excluding hydrogens is 390 g/mol. The first-order valence-corrected chi connectivity index (χ1v) is 9.77. The van der Waals surface area contributed by atoms with Crippen molar-refractivity contribution in [2.45, 2.75) is 12.3 Å². The SMILES string of the molecule is O=C(NC(=O)c1ccsc1NC(O)c1nc2ccccc2s1)OC1COC1. The molecule has 4 rings (SSSR count). The van der Waals surface area contributed by atoms with Gasteiger partial charge in [-0.15, -0.1) is 22.7 Å². The van der Waals surface area contributed by atoms with E-state index in [0.717, 1.165) is 10.2 Å². The highest BCUT2D eigenvalue weighted by Crippen LogP contribution is 2.30. The van der Waals surface area contributed by atoms with Crippen LogP contribution in [-0.4, -0.2) is 41.4 Å². The van der Waals surface area contributed by atoms with Crippen molar-refractivity contribution >= 4 is 49.9 Å². The molecule has 1 unspecified atom stereocenters. The van der Waals surface area contributed by atoms with E-state index in [9.17, 15) is 14.7 Å². The van der Waals surface area contributed by atoms with Crippen LogP contribution in [0.4, 0.5) is 9.80 Å². The van der Waals surface area contributed by atoms with E-state index >= 15 is 0 Å². The summed E-state index contributed by atoms with van der Waals surface area (Å²) >= 11 is 2.60. The Morgan fingerprint density at radius 3 is 2.85 bits per heavy atom. The Morgan fingerprint density at radius 2 is 2.11 bits per heavy atom. The van der Waals surface area contributed by atoms with E-state index < -0.39 is 18.2 Å². The summed E-state index contributed by atoms with van der Waals surface area (Å²) in [7, 11) is 0. The Morgan fingerprint density at radius 1 is 1.30 bits per heavy atom. The van der Waals surface area contributed by atoms with Crippen LogP contribution in [0.1, 0.15) is 21.6 Å². The summed E-state index contributed by atoms with van der Waals surface area (Å²) < 4.78 is 10.9. The molecule has 2 aromatic heterocycles. The largest absolute Gasteiger partial charge is 0.441 e. The van der Waals surface area contributed by atoms with E-state index in [4.69, 9.17) is 9.47 Å². The molecule has 1 aliphatic heterocycles. The minimum absolute atomic E-state index is 0.238. The van der Waals surface area contributed by atoms with Crippen molar-refractivity contribution in [2.24, 2.45) is 0 Å². The minimum atomic E-state index is -1.08. The summed E-state index contributed by atoms with van der Waals surface area (Å²) in [5.74, 6) is -0.611. The third-order valence-electron chi connectivity index (χ3n) is 3.82. The van der Waals surface area contributed by atoms with E-state index in [1.165, 1.54) is 22.7 Å². The van der Waals surface area contributed by atoms with Crippen LogP contribution in [0, 0.1) is 0 Å². The molecule has 3 heterocycles. The molecule has 3 N–H and O–H groups in total. The van der Waals surface area contributed by atoms with Crippen LogP contribution in [0.15, 0.2) is 35.7 Å². The summed E-state index contributed by atoms with van der Waals surface area (Å²) in [4.78, 5) is 28.4. The lowest BCUT2D eigenvalue weighted by molar-refractivity contribution is -0.0974. The molecule has 1 atom stereocenters. The molecule has 0 bridgehead atoms. The van der Waals surface area contributed by atoms with Crippen molar-refractivity contribution in [3.63, 3.8) is 0 Å². The highest BCUT2D eigenvalue weighted by molar-refractivity contribution is 7.18. The number of anilines is 1. The number of aliphatic hydroxyl groups excluding tert-OH is 1. The average molecular weight is 405 g/mol. The molecule has 140 valence electrons. The monoisotopic (exact) mass is 405 g/mol. The molecule has 0 aliphatic carbocycles. The number of amides is 2. The second-order valence-corrected chi connectivity index (χ2v) is 7.73. The van der Waals surface area contributed by atoms with Gasteiger partial charge in [0, 0.05) is 0 Å². The molecule has 10 heteroatoms. The molecular formula is C17H15N3O5S2. The van der Waals surface area contributed by atoms with Gasteiger partial charge in [-0.3, -0.25) is 10.1 Å². The van der Waals surface area contributed by atoms with Gasteiger partial charge in [0.05, 0.1) is 29.0 Å². The maximum Gasteiger partial charge on any atom is 0.414 e. The number of para-hydroxylation sites is 1. The standard InChI is InChI=1S/C17H15N3O5S2/c21-13(20-17(23)25-9-7-24-8-9)10-5-6-26-15(10)19-14(22)16-18-11-3-1-2-4-12(11)27-16/h1-6,9,14,19,22H,7-8H2,(H,20,21,23). The number of fused-ring (bicyclic) bond motifs is 1. The Kier molecular flexibility index (Phi) is 5.03. The quantitative estimate of drug-likeness (QED) is 0.560. The zero-order valence-corrected chi connectivity index (χ0v) is 15.5. The lowest BCUT2D eigenvalue weighted by atomic mass is 10.3. The molecule has 0 spiro atoms. The summed E-state index contributed by atoms with van der Waals surface area (Å²) in [6.45, 7) is 0.669. The lowest BCUT2D eigenvalue weighted by Crippen LogP contribution is -2.42. The first kappa shape index (κ1) is 17.9. The number of imide groups is 1. The first-order chi connectivity index (χ1) is 13.1. The zero-order chi connectivity index (χ0) is 18.8. The van der Waals surface area contributed by atoms with E-state index in [2.05, 4.69) is 15.6 Å². The van der Waals surface area contributed by atoms with Gasteiger partial charge in [-0.1, -0.05) is 12.1 Å². The number of carbonyl (C=O) groups is 2. The third-order valence-corrected chi connectivity index (χ3v) is 5.75. The number of hydrogen-bond acceptors (Lipinski definition) is 9. The molecule has 8 nitrogen and oxygen atoms in total. The Balaban J connectivity index is 1.43. The van der Waals surface area contributed by atoms with Crippen molar-refractivity contribution in [1.29, 1.82) is 0 Å². The number of alkyl carbamates (subject to hydrolysis) is 1. The fraction of sp³-hybridized carbons (Fsp3) is 0.235. The fourth-order valence-corrected chi connectivity index (χ4v) is 4.13. The van der Waals surface area contributed by atoms with Gasteiger partial charge < -0.3 is 19.9 Å². The van der Waals surface area contributed by atoms with Crippen LogP contribution < -0.4 is 10.6 Å². The van der Waals surface area contributed by atoms with Crippen molar-refractivity contribution in [2.75, 3.05) is 18.5 Å². The van der Waals surface area contributed by atoms with Crippen molar-refractivity contribution in [3.8, 4) is 0 Å². The average Bonchev–Trinajstić information content (AvgIpc) is 3.24. The second-order valence-electron chi connectivity index (χ2n) is 5.75. The zero-order valence-electron chi connectivity index (χ0n) is 13.9. The number of hydrogen-bond donors (Lipinski definition) is 3. The minimum Gasteiger partial charge on any atom is -0.441 e. The molecule has 1 saturated heterocycles. The van der Waals surface area contributed by atoms with Crippen LogP contribution in [0.25, 0.3) is 10.2 Å². The van der Waals surface area contributed by atoms with Gasteiger partial charge in [0.1, 0.15) is 10.0 Å². The number of nitrogens with one attached hydrogen (secondary N) is 2. The number of rotatable bonds is 5. The van der Waals surface area contributed by atoms with E-state index in [1.54, 1.807) is 11.4 Å². The second kappa shape index (κ2) is 7.61. The summed E-state index contributed by atoms with van der Waals surface area (Å²) in [6, 6.07) is 9.13. The molecule has 1 aromatic carbocycles. The van der Waals surface area contributed by atoms with Gasteiger partial charge in [0.2, 0.25) is 0 Å². The lowest BCUT2D eigenvalue weighted by Gasteiger charge is -2.25. The number of benzene rings is 1. The summed E-state index contributed by atoms with van der Waals surface area (Å²) in [6.07, 6.45) is -2.22. The fourth-order valence-electron chi connectivity index (χ4n) is 2.42. The van der Waals surface area contributed by atoms with E-state index in [0.29, 0.717) is 23.2 Å². The van der Waals surface area contributed by atoms with Gasteiger partial charge in [-0.25, -0.2) is 9.78 Å². The molecule has 0 radical (unpaired) electrons. The summed E-state index contributed by atoms with van der Waals surface area (Å²) in [5.41, 5.74) is 1.03. The number of thiophene rings is 1. The maximum atomic E-state index is 12.3. The smallest absolute Gasteiger partial charge is 0.414 e. The topological polar surface area (TPSA) is 110 Å². The Bertz CT molecular complexity index is 949. The summed E-state index contributed by atoms with van der Waals surface area (Å²) in [5, 5.41) is 18.1. The first-order valence-electron chi connectivity index (χ1n) is 8.07. The highest BCUT2D eigenvalue weighted by Gasteiger charge is 2.25.